The highest BCUT2D eigenvalue weighted by Crippen LogP contribution is 2.32. The van der Waals surface area contributed by atoms with Crippen molar-refractivity contribution in [2.75, 3.05) is 7.05 Å². The van der Waals surface area contributed by atoms with Crippen LogP contribution in [-0.4, -0.2) is 45.4 Å². The van der Waals surface area contributed by atoms with Crippen molar-refractivity contribution in [3.63, 3.8) is 0 Å². The number of aromatic nitrogens is 2. The maximum absolute atomic E-state index is 12.5. The normalized spacial score (nSPS) is 17.4. The Morgan fingerprint density at radius 2 is 1.89 bits per heavy atom. The highest BCUT2D eigenvalue weighted by molar-refractivity contribution is 5.70. The molecule has 2 atom stereocenters. The first-order chi connectivity index (χ1) is 17.3. The summed E-state index contributed by atoms with van der Waals surface area (Å²) in [4.78, 5) is 30.0. The van der Waals surface area contributed by atoms with E-state index in [0.717, 1.165) is 24.0 Å². The first-order valence-corrected chi connectivity index (χ1v) is 12.1. The largest absolute Gasteiger partial charge is 0.489 e. The van der Waals surface area contributed by atoms with Crippen LogP contribution in [0.3, 0.4) is 0 Å². The number of hydrogen-bond acceptors (Lipinski definition) is 7. The summed E-state index contributed by atoms with van der Waals surface area (Å²) in [6, 6.07) is 13.1. The van der Waals surface area contributed by atoms with Crippen LogP contribution in [0.15, 0.2) is 47.0 Å². The lowest BCUT2D eigenvalue weighted by atomic mass is 9.87. The Hall–Kier alpha value is -3.88. The van der Waals surface area contributed by atoms with Gasteiger partial charge in [-0.2, -0.15) is 0 Å². The van der Waals surface area contributed by atoms with Crippen molar-refractivity contribution >= 4 is 12.1 Å². The molecule has 9 heteroatoms. The summed E-state index contributed by atoms with van der Waals surface area (Å²) in [5.41, 5.74) is 3.56. The number of aliphatic carboxylic acids is 1. The Labute approximate surface area is 210 Å². The molecule has 1 aliphatic rings. The lowest BCUT2D eigenvalue weighted by molar-refractivity contribution is -0.143. The van der Waals surface area contributed by atoms with Crippen molar-refractivity contribution in [2.45, 2.75) is 58.8 Å². The van der Waals surface area contributed by atoms with Gasteiger partial charge in [0.25, 0.3) is 0 Å². The maximum atomic E-state index is 12.5. The van der Waals surface area contributed by atoms with Crippen LogP contribution in [0.2, 0.25) is 0 Å². The zero-order chi connectivity index (χ0) is 25.7. The molecule has 9 nitrogen and oxygen atoms in total. The number of carboxylic acid groups (broad SMARTS) is 1. The summed E-state index contributed by atoms with van der Waals surface area (Å²) in [7, 11) is 1.66. The molecule has 1 aromatic carbocycles. The van der Waals surface area contributed by atoms with Crippen LogP contribution in [0.1, 0.15) is 48.2 Å². The summed E-state index contributed by atoms with van der Waals surface area (Å²) in [5, 5.41) is 13.4. The van der Waals surface area contributed by atoms with Crippen LogP contribution in [0.5, 0.6) is 5.75 Å². The highest BCUT2D eigenvalue weighted by Gasteiger charge is 2.29. The lowest BCUT2D eigenvalue weighted by Crippen LogP contribution is -2.29. The van der Waals surface area contributed by atoms with Gasteiger partial charge in [-0.25, -0.2) is 9.78 Å². The second kappa shape index (κ2) is 11.2. The minimum Gasteiger partial charge on any atom is -0.489 e. The first kappa shape index (κ1) is 25.2. The van der Waals surface area contributed by atoms with Gasteiger partial charge in [-0.15, -0.1) is 0 Å². The van der Waals surface area contributed by atoms with E-state index < -0.39 is 12.1 Å². The van der Waals surface area contributed by atoms with Gasteiger partial charge < -0.3 is 24.0 Å². The van der Waals surface area contributed by atoms with Crippen LogP contribution in [0.4, 0.5) is 4.79 Å². The number of pyridine rings is 1. The van der Waals surface area contributed by atoms with E-state index in [4.69, 9.17) is 14.0 Å². The summed E-state index contributed by atoms with van der Waals surface area (Å²) in [6.45, 7) is 4.09. The van der Waals surface area contributed by atoms with Crippen molar-refractivity contribution in [3.8, 4) is 17.2 Å². The zero-order valence-electron chi connectivity index (χ0n) is 20.8. The number of carbonyl (C=O) groups is 2. The van der Waals surface area contributed by atoms with E-state index in [-0.39, 0.29) is 25.2 Å². The molecular weight excluding hydrogens is 462 g/mol. The third kappa shape index (κ3) is 6.02. The topological polar surface area (TPSA) is 115 Å². The van der Waals surface area contributed by atoms with Crippen LogP contribution < -0.4 is 4.74 Å². The Balaban J connectivity index is 1.43. The fourth-order valence-electron chi connectivity index (χ4n) is 4.36. The summed E-state index contributed by atoms with van der Waals surface area (Å²) < 4.78 is 17.1. The Morgan fingerprint density at radius 1 is 1.11 bits per heavy atom. The lowest BCUT2D eigenvalue weighted by Gasteiger charge is -2.27. The van der Waals surface area contributed by atoms with E-state index >= 15 is 0 Å². The van der Waals surface area contributed by atoms with Crippen molar-refractivity contribution in [2.24, 2.45) is 5.92 Å². The standard InChI is InChI=1S/C27H31N3O6/c1-17-22(15-30(3)27(33)34-16-19-8-5-4-6-9-19)25(36-29-17)23-12-13-24(18(2)28-23)35-21-11-7-10-20(14-21)26(31)32/h4-6,8-9,12-13,20-21H,7,10-11,14-16H2,1-3H3,(H,31,32)/t20-,21-/m0/s1. The summed E-state index contributed by atoms with van der Waals surface area (Å²) >= 11 is 0. The molecule has 0 saturated heterocycles. The molecule has 1 N–H and O–H groups in total. The summed E-state index contributed by atoms with van der Waals surface area (Å²) in [5.74, 6) is -0.0364. The molecule has 2 aromatic heterocycles. The van der Waals surface area contributed by atoms with Gasteiger partial charge in [0, 0.05) is 12.6 Å². The molecule has 4 rings (SSSR count). The van der Waals surface area contributed by atoms with E-state index in [1.807, 2.05) is 50.2 Å². The van der Waals surface area contributed by atoms with Gasteiger partial charge >= 0.3 is 12.1 Å². The molecule has 0 unspecified atom stereocenters. The zero-order valence-corrected chi connectivity index (χ0v) is 20.8. The molecule has 36 heavy (non-hydrogen) atoms. The van der Waals surface area contributed by atoms with E-state index in [1.165, 1.54) is 4.90 Å². The molecule has 1 aliphatic carbocycles. The number of hydrogen-bond donors (Lipinski definition) is 1. The third-order valence-corrected chi connectivity index (χ3v) is 6.44. The van der Waals surface area contributed by atoms with Crippen LogP contribution in [0, 0.1) is 19.8 Å². The molecule has 190 valence electrons. The van der Waals surface area contributed by atoms with Crippen molar-refractivity contribution in [1.29, 1.82) is 0 Å². The van der Waals surface area contributed by atoms with Gasteiger partial charge in [0.1, 0.15) is 18.1 Å². The van der Waals surface area contributed by atoms with E-state index in [1.54, 1.807) is 13.1 Å². The second-order valence-corrected chi connectivity index (χ2v) is 9.19. The minimum absolute atomic E-state index is 0.148. The molecule has 1 fully saturated rings. The Bertz CT molecular complexity index is 1210. The summed E-state index contributed by atoms with van der Waals surface area (Å²) in [6.07, 6.45) is 2.23. The molecule has 0 aliphatic heterocycles. The number of carboxylic acids is 1. The molecule has 1 amide bonds. The minimum atomic E-state index is -0.768. The fraction of sp³-hybridized carbons (Fsp3) is 0.407. The third-order valence-electron chi connectivity index (χ3n) is 6.44. The number of ether oxygens (including phenoxy) is 2. The van der Waals surface area contributed by atoms with Crippen LogP contribution >= 0.6 is 0 Å². The van der Waals surface area contributed by atoms with Crippen molar-refractivity contribution < 1.29 is 28.7 Å². The van der Waals surface area contributed by atoms with Gasteiger partial charge in [0.15, 0.2) is 5.76 Å². The second-order valence-electron chi connectivity index (χ2n) is 9.19. The van der Waals surface area contributed by atoms with Crippen molar-refractivity contribution in [1.82, 2.24) is 15.0 Å². The van der Waals surface area contributed by atoms with E-state index in [2.05, 4.69) is 10.1 Å². The van der Waals surface area contributed by atoms with E-state index in [9.17, 15) is 14.7 Å². The van der Waals surface area contributed by atoms with Gasteiger partial charge in [0.05, 0.1) is 30.0 Å². The number of amides is 1. The number of benzene rings is 1. The van der Waals surface area contributed by atoms with E-state index in [0.29, 0.717) is 41.4 Å². The van der Waals surface area contributed by atoms with Crippen LogP contribution in [0.25, 0.3) is 11.5 Å². The van der Waals surface area contributed by atoms with Gasteiger partial charge in [-0.1, -0.05) is 35.5 Å². The number of carbonyl (C=O) groups excluding carboxylic acids is 1. The quantitative estimate of drug-likeness (QED) is 0.458. The smallest absolute Gasteiger partial charge is 0.410 e. The molecule has 2 heterocycles. The number of nitrogens with zero attached hydrogens (tertiary/aromatic N) is 3. The Kier molecular flexibility index (Phi) is 7.87. The predicted octanol–water partition coefficient (Wildman–Crippen LogP) is 5.14. The fourth-order valence-corrected chi connectivity index (χ4v) is 4.36. The van der Waals surface area contributed by atoms with Gasteiger partial charge in [-0.3, -0.25) is 4.79 Å². The highest BCUT2D eigenvalue weighted by atomic mass is 16.6. The first-order valence-electron chi connectivity index (χ1n) is 12.1. The van der Waals surface area contributed by atoms with Crippen LogP contribution in [-0.2, 0) is 22.7 Å². The maximum Gasteiger partial charge on any atom is 0.410 e. The average Bonchev–Trinajstić information content (AvgIpc) is 3.24. The number of aryl methyl sites for hydroxylation is 2. The molecular formula is C27H31N3O6. The SMILES string of the molecule is Cc1nc(-c2onc(C)c2CN(C)C(=O)OCc2ccccc2)ccc1O[C@H]1CCC[C@H](C(=O)O)C1. The Morgan fingerprint density at radius 3 is 2.61 bits per heavy atom. The van der Waals surface area contributed by atoms with Crippen molar-refractivity contribution in [3.05, 3.63) is 65.0 Å². The monoisotopic (exact) mass is 493 g/mol. The van der Waals surface area contributed by atoms with Gasteiger partial charge in [-0.05, 0) is 57.2 Å². The molecule has 3 aromatic rings. The molecule has 0 radical (unpaired) electrons. The van der Waals surface area contributed by atoms with Gasteiger partial charge in [0.2, 0.25) is 0 Å². The number of rotatable bonds is 8. The predicted molar refractivity (Wildman–Crippen MR) is 131 cm³/mol. The average molecular weight is 494 g/mol. The molecule has 0 bridgehead atoms. The molecule has 1 saturated carbocycles. The molecule has 0 spiro atoms.